The van der Waals surface area contributed by atoms with E-state index in [1.54, 1.807) is 0 Å². The third-order valence-corrected chi connectivity index (χ3v) is 6.28. The number of guanidine groups is 1. The monoisotopic (exact) mass is 383 g/mol. The number of benzene rings is 1. The van der Waals surface area contributed by atoms with Gasteiger partial charge in [-0.25, -0.2) is 0 Å². The van der Waals surface area contributed by atoms with Crippen LogP contribution in [-0.4, -0.2) is 85.5 Å². The number of carbonyl (C=O) groups is 1. The van der Waals surface area contributed by atoms with Gasteiger partial charge in [-0.2, -0.15) is 0 Å². The molecule has 4 rings (SSSR count). The van der Waals surface area contributed by atoms with E-state index in [0.717, 1.165) is 64.5 Å². The van der Waals surface area contributed by atoms with Crippen molar-refractivity contribution in [2.24, 2.45) is 10.9 Å². The summed E-state index contributed by atoms with van der Waals surface area (Å²) in [4.78, 5) is 23.5. The van der Waals surface area contributed by atoms with E-state index < -0.39 is 0 Å². The fraction of sp³-hybridized carbons (Fsp3) is 0.636. The Morgan fingerprint density at radius 3 is 2.43 bits per heavy atom. The number of nitrogens with zero attached hydrogens (tertiary/aromatic N) is 4. The number of carbonyl (C=O) groups excluding carboxylic acids is 1. The van der Waals surface area contributed by atoms with Crippen molar-refractivity contribution in [1.29, 1.82) is 0 Å². The summed E-state index contributed by atoms with van der Waals surface area (Å²) < 4.78 is 0. The Hall–Kier alpha value is -2.08. The SMILES string of the molecule is CN=C(NC1CC1Cc1ccccc1)N1CCN(CC(=O)N2CCCC2)CC1. The lowest BCUT2D eigenvalue weighted by molar-refractivity contribution is -0.131. The smallest absolute Gasteiger partial charge is 0.236 e. The average Bonchev–Trinajstić information content (AvgIpc) is 3.21. The molecule has 3 fully saturated rings. The fourth-order valence-corrected chi connectivity index (χ4v) is 4.41. The zero-order valence-electron chi connectivity index (χ0n) is 17.0. The maximum atomic E-state index is 12.4. The van der Waals surface area contributed by atoms with Crippen LogP contribution < -0.4 is 5.32 Å². The highest BCUT2D eigenvalue weighted by Gasteiger charge is 2.38. The number of aliphatic imine (C=N–C) groups is 1. The molecule has 152 valence electrons. The minimum atomic E-state index is 0.301. The quantitative estimate of drug-likeness (QED) is 0.617. The molecule has 2 heterocycles. The van der Waals surface area contributed by atoms with Crippen LogP contribution >= 0.6 is 0 Å². The van der Waals surface area contributed by atoms with Gasteiger partial charge in [0.2, 0.25) is 5.91 Å². The van der Waals surface area contributed by atoms with Gasteiger partial charge in [0.25, 0.3) is 0 Å². The van der Waals surface area contributed by atoms with Crippen LogP contribution in [0.1, 0.15) is 24.8 Å². The van der Waals surface area contributed by atoms with E-state index >= 15 is 0 Å². The Balaban J connectivity index is 1.20. The summed E-state index contributed by atoms with van der Waals surface area (Å²) in [5, 5.41) is 3.66. The number of rotatable bonds is 5. The highest BCUT2D eigenvalue weighted by Crippen LogP contribution is 2.33. The van der Waals surface area contributed by atoms with E-state index in [1.165, 1.54) is 12.0 Å². The van der Waals surface area contributed by atoms with Crippen molar-refractivity contribution in [2.75, 3.05) is 52.9 Å². The molecule has 1 aliphatic carbocycles. The number of piperazine rings is 1. The van der Waals surface area contributed by atoms with E-state index in [2.05, 4.69) is 50.4 Å². The summed E-state index contributed by atoms with van der Waals surface area (Å²) in [6.45, 7) is 6.19. The summed E-state index contributed by atoms with van der Waals surface area (Å²) in [6.07, 6.45) is 4.68. The van der Waals surface area contributed by atoms with E-state index in [9.17, 15) is 4.79 Å². The maximum Gasteiger partial charge on any atom is 0.236 e. The highest BCUT2D eigenvalue weighted by atomic mass is 16.2. The normalized spacial score (nSPS) is 25.8. The van der Waals surface area contributed by atoms with Crippen molar-refractivity contribution in [3.05, 3.63) is 35.9 Å². The van der Waals surface area contributed by atoms with Crippen molar-refractivity contribution in [1.82, 2.24) is 20.0 Å². The van der Waals surface area contributed by atoms with E-state index in [0.29, 0.717) is 24.4 Å². The van der Waals surface area contributed by atoms with E-state index in [1.807, 2.05) is 11.9 Å². The topological polar surface area (TPSA) is 51.2 Å². The van der Waals surface area contributed by atoms with Crippen LogP contribution in [0.3, 0.4) is 0 Å². The Morgan fingerprint density at radius 2 is 1.75 bits per heavy atom. The molecule has 28 heavy (non-hydrogen) atoms. The van der Waals surface area contributed by atoms with Crippen LogP contribution in [0.5, 0.6) is 0 Å². The molecule has 2 aliphatic heterocycles. The minimum absolute atomic E-state index is 0.301. The maximum absolute atomic E-state index is 12.4. The molecule has 1 amide bonds. The summed E-state index contributed by atoms with van der Waals surface area (Å²) in [7, 11) is 1.88. The van der Waals surface area contributed by atoms with Crippen molar-refractivity contribution in [3.8, 4) is 0 Å². The van der Waals surface area contributed by atoms with Crippen LogP contribution in [0, 0.1) is 5.92 Å². The molecule has 1 aromatic rings. The number of amides is 1. The molecule has 2 atom stereocenters. The molecule has 6 heteroatoms. The number of likely N-dealkylation sites (tertiary alicyclic amines) is 1. The second kappa shape index (κ2) is 8.95. The predicted molar refractivity (Wildman–Crippen MR) is 112 cm³/mol. The van der Waals surface area contributed by atoms with Gasteiger partial charge >= 0.3 is 0 Å². The third kappa shape index (κ3) is 4.85. The Morgan fingerprint density at radius 1 is 1.04 bits per heavy atom. The Bertz CT molecular complexity index is 677. The highest BCUT2D eigenvalue weighted by molar-refractivity contribution is 5.81. The molecule has 1 saturated carbocycles. The summed E-state index contributed by atoms with van der Waals surface area (Å²) in [5.41, 5.74) is 1.42. The van der Waals surface area contributed by atoms with Crippen LogP contribution in [0.25, 0.3) is 0 Å². The lowest BCUT2D eigenvalue weighted by Gasteiger charge is -2.36. The summed E-state index contributed by atoms with van der Waals surface area (Å²) in [6, 6.07) is 11.3. The summed E-state index contributed by atoms with van der Waals surface area (Å²) in [5.74, 6) is 2.03. The van der Waals surface area contributed by atoms with Gasteiger partial charge in [0, 0.05) is 52.4 Å². The standard InChI is InChI=1S/C22H33N5O/c1-23-22(24-20-16-19(20)15-18-7-3-2-4-8-18)27-13-11-25(12-14-27)17-21(28)26-9-5-6-10-26/h2-4,7-8,19-20H,5-6,9-17H2,1H3,(H,23,24). The number of nitrogens with one attached hydrogen (secondary N) is 1. The Kier molecular flexibility index (Phi) is 6.15. The fourth-order valence-electron chi connectivity index (χ4n) is 4.41. The third-order valence-electron chi connectivity index (χ3n) is 6.28. The zero-order chi connectivity index (χ0) is 19.3. The molecule has 0 spiro atoms. The predicted octanol–water partition coefficient (Wildman–Crippen LogP) is 1.43. The first-order chi connectivity index (χ1) is 13.7. The van der Waals surface area contributed by atoms with Crippen LogP contribution in [0.4, 0.5) is 0 Å². The van der Waals surface area contributed by atoms with E-state index in [-0.39, 0.29) is 0 Å². The van der Waals surface area contributed by atoms with Gasteiger partial charge in [0.15, 0.2) is 5.96 Å². The van der Waals surface area contributed by atoms with Gasteiger partial charge in [-0.1, -0.05) is 30.3 Å². The van der Waals surface area contributed by atoms with Crippen molar-refractivity contribution < 1.29 is 4.79 Å². The van der Waals surface area contributed by atoms with Crippen molar-refractivity contribution in [2.45, 2.75) is 31.7 Å². The van der Waals surface area contributed by atoms with Gasteiger partial charge in [-0.05, 0) is 37.2 Å². The molecule has 1 aromatic carbocycles. The first kappa shape index (κ1) is 19.2. The first-order valence-corrected chi connectivity index (χ1v) is 10.8. The molecular formula is C22H33N5O. The number of hydrogen-bond acceptors (Lipinski definition) is 3. The van der Waals surface area contributed by atoms with Gasteiger partial charge in [0.05, 0.1) is 6.54 Å². The lowest BCUT2D eigenvalue weighted by atomic mass is 10.1. The summed E-state index contributed by atoms with van der Waals surface area (Å²) >= 11 is 0. The van der Waals surface area contributed by atoms with E-state index in [4.69, 9.17) is 0 Å². The molecule has 6 nitrogen and oxygen atoms in total. The first-order valence-electron chi connectivity index (χ1n) is 10.8. The zero-order valence-corrected chi connectivity index (χ0v) is 17.0. The lowest BCUT2D eigenvalue weighted by Crippen LogP contribution is -2.54. The van der Waals surface area contributed by atoms with Crippen LogP contribution in [0.2, 0.25) is 0 Å². The Labute approximate surface area is 168 Å². The molecule has 0 bridgehead atoms. The number of hydrogen-bond donors (Lipinski definition) is 1. The van der Waals surface area contributed by atoms with Crippen molar-refractivity contribution in [3.63, 3.8) is 0 Å². The second-order valence-corrected chi connectivity index (χ2v) is 8.33. The molecule has 0 radical (unpaired) electrons. The van der Waals surface area contributed by atoms with Gasteiger partial charge < -0.3 is 15.1 Å². The van der Waals surface area contributed by atoms with Gasteiger partial charge in [-0.15, -0.1) is 0 Å². The van der Waals surface area contributed by atoms with Crippen LogP contribution in [-0.2, 0) is 11.2 Å². The molecule has 2 unspecified atom stereocenters. The van der Waals surface area contributed by atoms with Crippen molar-refractivity contribution >= 4 is 11.9 Å². The molecule has 0 aromatic heterocycles. The minimum Gasteiger partial charge on any atom is -0.353 e. The van der Waals surface area contributed by atoms with Gasteiger partial charge in [0.1, 0.15) is 0 Å². The average molecular weight is 384 g/mol. The molecular weight excluding hydrogens is 350 g/mol. The molecule has 2 saturated heterocycles. The molecule has 3 aliphatic rings. The van der Waals surface area contributed by atoms with Crippen LogP contribution in [0.15, 0.2) is 35.3 Å². The largest absolute Gasteiger partial charge is 0.353 e. The van der Waals surface area contributed by atoms with Gasteiger partial charge in [-0.3, -0.25) is 14.7 Å². The molecule has 1 N–H and O–H groups in total. The second-order valence-electron chi connectivity index (χ2n) is 8.33.